The summed E-state index contributed by atoms with van der Waals surface area (Å²) in [4.78, 5) is 5.29. The molecule has 0 radical (unpaired) electrons. The lowest BCUT2D eigenvalue weighted by molar-refractivity contribution is 0.103. The fourth-order valence-electron chi connectivity index (χ4n) is 3.22. The number of rotatable bonds is 5. The third kappa shape index (κ3) is 3.70. The summed E-state index contributed by atoms with van der Waals surface area (Å²) in [7, 11) is 0. The van der Waals surface area contributed by atoms with E-state index in [1.165, 1.54) is 58.4 Å². The van der Waals surface area contributed by atoms with Crippen molar-refractivity contribution >= 4 is 0 Å². The summed E-state index contributed by atoms with van der Waals surface area (Å²) in [5.74, 6) is 0. The maximum absolute atomic E-state index is 8.98. The molecule has 0 saturated carbocycles. The molecule has 3 heteroatoms. The van der Waals surface area contributed by atoms with Crippen LogP contribution in [-0.2, 0) is 0 Å². The minimum atomic E-state index is -0.135. The average molecular weight is 249 g/mol. The molecule has 2 fully saturated rings. The summed E-state index contributed by atoms with van der Waals surface area (Å²) in [6, 6.07) is 3.23. The van der Waals surface area contributed by atoms with Gasteiger partial charge in [-0.25, -0.2) is 0 Å². The number of unbranched alkanes of at least 4 members (excludes halogenated alkanes) is 1. The van der Waals surface area contributed by atoms with Gasteiger partial charge in [0.05, 0.1) is 11.5 Å². The van der Waals surface area contributed by atoms with Crippen LogP contribution < -0.4 is 0 Å². The minimum Gasteiger partial charge on any atom is -0.301 e. The van der Waals surface area contributed by atoms with Crippen molar-refractivity contribution in [3.63, 3.8) is 0 Å². The van der Waals surface area contributed by atoms with Crippen molar-refractivity contribution in [2.75, 3.05) is 32.7 Å². The maximum Gasteiger partial charge on any atom is 0.0683 e. The molecule has 2 rings (SSSR count). The van der Waals surface area contributed by atoms with Gasteiger partial charge in [0.25, 0.3) is 0 Å². The second kappa shape index (κ2) is 6.04. The summed E-state index contributed by atoms with van der Waals surface area (Å²) in [6.07, 6.45) is 6.27. The number of nitrogens with zero attached hydrogens (tertiary/aromatic N) is 3. The molecule has 0 amide bonds. The molecule has 3 nitrogen and oxygen atoms in total. The first-order chi connectivity index (χ1) is 8.61. The Bertz CT molecular complexity index is 305. The lowest BCUT2D eigenvalue weighted by atomic mass is 9.89. The molecule has 0 spiro atoms. The highest BCUT2D eigenvalue weighted by Gasteiger charge is 2.30. The van der Waals surface area contributed by atoms with E-state index < -0.39 is 0 Å². The van der Waals surface area contributed by atoms with Crippen molar-refractivity contribution < 1.29 is 0 Å². The standard InChI is InChI=1S/C15H27N3/c1-15(2,13-16)7-3-4-8-17-10-11-18-9-5-6-14(18)12-17/h14H,3-12H2,1-2H3. The predicted molar refractivity (Wildman–Crippen MR) is 74.3 cm³/mol. The van der Waals surface area contributed by atoms with E-state index in [4.69, 9.17) is 5.26 Å². The predicted octanol–water partition coefficient (Wildman–Crippen LogP) is 2.49. The third-order valence-electron chi connectivity index (χ3n) is 4.50. The second-order valence-corrected chi connectivity index (χ2v) is 6.59. The fraction of sp³-hybridized carbons (Fsp3) is 0.933. The van der Waals surface area contributed by atoms with Gasteiger partial charge in [0.2, 0.25) is 0 Å². The lowest BCUT2D eigenvalue weighted by Crippen LogP contribution is -2.50. The van der Waals surface area contributed by atoms with Gasteiger partial charge in [-0.2, -0.15) is 5.26 Å². The van der Waals surface area contributed by atoms with E-state index in [1.54, 1.807) is 0 Å². The molecule has 102 valence electrons. The Kier molecular flexibility index (Phi) is 4.64. The number of hydrogen-bond acceptors (Lipinski definition) is 3. The molecule has 0 aromatic carbocycles. The Morgan fingerprint density at radius 1 is 1.22 bits per heavy atom. The normalized spacial score (nSPS) is 25.9. The first-order valence-corrected chi connectivity index (χ1v) is 7.48. The number of piperazine rings is 1. The Hall–Kier alpha value is -0.590. The molecular formula is C15H27N3. The average Bonchev–Trinajstić information content (AvgIpc) is 2.82. The first kappa shape index (κ1) is 13.8. The van der Waals surface area contributed by atoms with Gasteiger partial charge < -0.3 is 4.90 Å². The topological polar surface area (TPSA) is 30.3 Å². The Morgan fingerprint density at radius 2 is 2.06 bits per heavy atom. The van der Waals surface area contributed by atoms with Crippen LogP contribution in [0.3, 0.4) is 0 Å². The van der Waals surface area contributed by atoms with Gasteiger partial charge in [-0.1, -0.05) is 6.42 Å². The summed E-state index contributed by atoms with van der Waals surface area (Å²) in [6.45, 7) is 10.4. The molecule has 0 aliphatic carbocycles. The molecule has 2 saturated heterocycles. The highest BCUT2D eigenvalue weighted by molar-refractivity contribution is 4.91. The molecule has 2 aliphatic heterocycles. The smallest absolute Gasteiger partial charge is 0.0683 e. The maximum atomic E-state index is 8.98. The second-order valence-electron chi connectivity index (χ2n) is 6.59. The van der Waals surface area contributed by atoms with Crippen molar-refractivity contribution in [1.82, 2.24) is 9.80 Å². The van der Waals surface area contributed by atoms with Crippen LogP contribution in [0, 0.1) is 16.7 Å². The Labute approximate surface area is 112 Å². The van der Waals surface area contributed by atoms with Crippen molar-refractivity contribution in [2.24, 2.45) is 5.41 Å². The van der Waals surface area contributed by atoms with Crippen LogP contribution in [0.15, 0.2) is 0 Å². The summed E-state index contributed by atoms with van der Waals surface area (Å²) in [5.41, 5.74) is -0.135. The summed E-state index contributed by atoms with van der Waals surface area (Å²) >= 11 is 0. The van der Waals surface area contributed by atoms with Crippen LogP contribution in [0.5, 0.6) is 0 Å². The van der Waals surface area contributed by atoms with E-state index in [0.717, 1.165) is 12.5 Å². The number of hydrogen-bond donors (Lipinski definition) is 0. The summed E-state index contributed by atoms with van der Waals surface area (Å²) < 4.78 is 0. The molecule has 18 heavy (non-hydrogen) atoms. The van der Waals surface area contributed by atoms with E-state index in [2.05, 4.69) is 15.9 Å². The van der Waals surface area contributed by atoms with Crippen LogP contribution in [0.2, 0.25) is 0 Å². The Balaban J connectivity index is 1.62. The molecular weight excluding hydrogens is 222 g/mol. The zero-order valence-electron chi connectivity index (χ0n) is 12.0. The SMILES string of the molecule is CC(C)(C#N)CCCCN1CCN2CCCC2C1. The highest BCUT2D eigenvalue weighted by atomic mass is 15.3. The Morgan fingerprint density at radius 3 is 2.83 bits per heavy atom. The van der Waals surface area contributed by atoms with Gasteiger partial charge in [-0.05, 0) is 52.6 Å². The summed E-state index contributed by atoms with van der Waals surface area (Å²) in [5, 5.41) is 8.98. The minimum absolute atomic E-state index is 0.135. The molecule has 1 atom stereocenters. The lowest BCUT2D eigenvalue weighted by Gasteiger charge is -2.37. The van der Waals surface area contributed by atoms with E-state index in [-0.39, 0.29) is 5.41 Å². The molecule has 0 N–H and O–H groups in total. The monoisotopic (exact) mass is 249 g/mol. The molecule has 2 aliphatic rings. The highest BCUT2D eigenvalue weighted by Crippen LogP contribution is 2.23. The zero-order chi connectivity index (χ0) is 13.0. The quantitative estimate of drug-likeness (QED) is 0.701. The van der Waals surface area contributed by atoms with Crippen molar-refractivity contribution in [3.05, 3.63) is 0 Å². The van der Waals surface area contributed by atoms with Gasteiger partial charge >= 0.3 is 0 Å². The van der Waals surface area contributed by atoms with Crippen LogP contribution in [0.1, 0.15) is 46.0 Å². The van der Waals surface area contributed by atoms with Crippen molar-refractivity contribution in [1.29, 1.82) is 5.26 Å². The molecule has 1 unspecified atom stereocenters. The van der Waals surface area contributed by atoms with Crippen LogP contribution in [0.4, 0.5) is 0 Å². The fourth-order valence-corrected chi connectivity index (χ4v) is 3.22. The largest absolute Gasteiger partial charge is 0.301 e. The number of fused-ring (bicyclic) bond motifs is 1. The third-order valence-corrected chi connectivity index (χ3v) is 4.50. The molecule has 0 bridgehead atoms. The van der Waals surface area contributed by atoms with E-state index in [9.17, 15) is 0 Å². The number of nitriles is 1. The zero-order valence-corrected chi connectivity index (χ0v) is 12.0. The molecule has 2 heterocycles. The molecule has 0 aromatic rings. The van der Waals surface area contributed by atoms with Crippen LogP contribution in [-0.4, -0.2) is 48.6 Å². The van der Waals surface area contributed by atoms with E-state index in [1.807, 2.05) is 13.8 Å². The van der Waals surface area contributed by atoms with Crippen molar-refractivity contribution in [3.8, 4) is 6.07 Å². The van der Waals surface area contributed by atoms with Gasteiger partial charge in [0.15, 0.2) is 0 Å². The molecule has 0 aromatic heterocycles. The van der Waals surface area contributed by atoms with E-state index >= 15 is 0 Å². The van der Waals surface area contributed by atoms with Gasteiger partial charge in [-0.15, -0.1) is 0 Å². The van der Waals surface area contributed by atoms with Gasteiger partial charge in [0, 0.05) is 25.7 Å². The van der Waals surface area contributed by atoms with Crippen molar-refractivity contribution in [2.45, 2.75) is 52.0 Å². The van der Waals surface area contributed by atoms with Crippen LogP contribution >= 0.6 is 0 Å². The van der Waals surface area contributed by atoms with Gasteiger partial charge in [0.1, 0.15) is 0 Å². The first-order valence-electron chi connectivity index (χ1n) is 7.48. The van der Waals surface area contributed by atoms with Crippen LogP contribution in [0.25, 0.3) is 0 Å². The van der Waals surface area contributed by atoms with E-state index in [0.29, 0.717) is 0 Å². The van der Waals surface area contributed by atoms with Gasteiger partial charge in [-0.3, -0.25) is 4.90 Å².